The monoisotopic (exact) mass is 302 g/mol. The first-order valence-electron chi connectivity index (χ1n) is 4.07. The van der Waals surface area contributed by atoms with Gasteiger partial charge < -0.3 is 0 Å². The Labute approximate surface area is 99.4 Å². The number of thiophene rings is 1. The van der Waals surface area contributed by atoms with Gasteiger partial charge in [0.15, 0.2) is 0 Å². The molecular weight excluding hydrogens is 294 g/mol. The molecule has 0 amide bonds. The number of hydrogen-bond donors (Lipinski definition) is 0. The molecule has 0 nitrogen and oxygen atoms in total. The maximum atomic E-state index is 12.7. The number of aryl methyl sites for hydroxylation is 1. The predicted octanol–water partition coefficient (Wildman–Crippen LogP) is 5.14. The van der Waals surface area contributed by atoms with Gasteiger partial charge in [0.25, 0.3) is 0 Å². The maximum absolute atomic E-state index is 12.7. The molecule has 0 bridgehead atoms. The summed E-state index contributed by atoms with van der Waals surface area (Å²) in [5, 5.41) is -0.622. The van der Waals surface area contributed by atoms with Gasteiger partial charge in [-0.25, -0.2) is 8.78 Å². The van der Waals surface area contributed by atoms with E-state index < -0.39 is 11.3 Å². The van der Waals surface area contributed by atoms with Crippen molar-refractivity contribution >= 4 is 38.9 Å². The molecule has 0 aliphatic heterocycles. The van der Waals surface area contributed by atoms with Crippen LogP contribution in [-0.4, -0.2) is 5.92 Å². The molecule has 0 N–H and O–H groups in total. The lowest BCUT2D eigenvalue weighted by atomic mass is 10.2. The van der Waals surface area contributed by atoms with Crippen molar-refractivity contribution in [3.05, 3.63) is 20.3 Å². The third kappa shape index (κ3) is 3.48. The van der Waals surface area contributed by atoms with Crippen molar-refractivity contribution in [1.82, 2.24) is 0 Å². The Morgan fingerprint density at radius 2 is 2.21 bits per heavy atom. The molecular formula is C9H10BrClF2S. The zero-order valence-electron chi connectivity index (χ0n) is 7.78. The van der Waals surface area contributed by atoms with E-state index in [0.29, 0.717) is 0 Å². The summed E-state index contributed by atoms with van der Waals surface area (Å²) in [7, 11) is 0. The summed E-state index contributed by atoms with van der Waals surface area (Å²) in [6, 6.07) is 1.89. The summed E-state index contributed by atoms with van der Waals surface area (Å²) < 4.78 is 26.2. The van der Waals surface area contributed by atoms with Gasteiger partial charge in [0.05, 0.1) is 5.38 Å². The average molecular weight is 304 g/mol. The van der Waals surface area contributed by atoms with Crippen LogP contribution >= 0.6 is 38.9 Å². The number of halogens is 4. The largest absolute Gasteiger partial charge is 0.247 e. The first-order valence-corrected chi connectivity index (χ1v) is 6.12. The van der Waals surface area contributed by atoms with E-state index in [-0.39, 0.29) is 6.42 Å². The third-order valence-corrected chi connectivity index (χ3v) is 4.24. The maximum Gasteiger partial charge on any atom is 0.247 e. The summed E-state index contributed by atoms with van der Waals surface area (Å²) in [6.45, 7) is 2.81. The average Bonchev–Trinajstić information content (AvgIpc) is 2.26. The van der Waals surface area contributed by atoms with Crippen molar-refractivity contribution in [2.45, 2.75) is 31.6 Å². The molecule has 0 fully saturated rings. The Bertz CT molecular complexity index is 319. The van der Waals surface area contributed by atoms with Gasteiger partial charge >= 0.3 is 0 Å². The second kappa shape index (κ2) is 4.45. The molecule has 1 atom stereocenters. The van der Waals surface area contributed by atoms with Gasteiger partial charge in [-0.05, 0) is 35.8 Å². The predicted molar refractivity (Wildman–Crippen MR) is 60.6 cm³/mol. The summed E-state index contributed by atoms with van der Waals surface area (Å²) in [6.07, 6.45) is -0.326. The smallest absolute Gasteiger partial charge is 0.207 e. The highest BCUT2D eigenvalue weighted by Gasteiger charge is 2.28. The number of hydrogen-bond acceptors (Lipinski definition) is 1. The highest BCUT2D eigenvalue weighted by Crippen LogP contribution is 2.40. The van der Waals surface area contributed by atoms with Crippen LogP contribution < -0.4 is 0 Å². The van der Waals surface area contributed by atoms with E-state index in [0.717, 1.165) is 21.2 Å². The number of rotatable bonds is 3. The SMILES string of the molecule is Cc1cc(Br)c(C(Cl)CC(C)(F)F)s1. The summed E-state index contributed by atoms with van der Waals surface area (Å²) in [4.78, 5) is 1.85. The number of alkyl halides is 3. The molecule has 0 saturated heterocycles. The molecule has 0 radical (unpaired) electrons. The molecule has 1 aromatic heterocycles. The van der Waals surface area contributed by atoms with E-state index in [2.05, 4.69) is 15.9 Å². The highest BCUT2D eigenvalue weighted by atomic mass is 79.9. The van der Waals surface area contributed by atoms with Gasteiger partial charge in [0.2, 0.25) is 5.92 Å². The van der Waals surface area contributed by atoms with Crippen LogP contribution in [0.5, 0.6) is 0 Å². The van der Waals surface area contributed by atoms with E-state index in [1.54, 1.807) is 0 Å². The van der Waals surface area contributed by atoms with Crippen LogP contribution in [0.25, 0.3) is 0 Å². The lowest BCUT2D eigenvalue weighted by Crippen LogP contribution is -2.12. The minimum atomic E-state index is -2.72. The molecule has 1 aromatic rings. The van der Waals surface area contributed by atoms with Crippen LogP contribution in [0.4, 0.5) is 8.78 Å². The lowest BCUT2D eigenvalue weighted by molar-refractivity contribution is 0.0122. The summed E-state index contributed by atoms with van der Waals surface area (Å²) in [5.74, 6) is -2.72. The highest BCUT2D eigenvalue weighted by molar-refractivity contribution is 9.10. The van der Waals surface area contributed by atoms with Gasteiger partial charge in [-0.2, -0.15) is 0 Å². The van der Waals surface area contributed by atoms with Gasteiger partial charge in [-0.3, -0.25) is 0 Å². The van der Waals surface area contributed by atoms with Crippen LogP contribution in [0.15, 0.2) is 10.5 Å². The minimum absolute atomic E-state index is 0.326. The first kappa shape index (κ1) is 12.4. The third-order valence-electron chi connectivity index (χ3n) is 1.66. The fourth-order valence-corrected chi connectivity index (χ4v) is 3.68. The second-order valence-electron chi connectivity index (χ2n) is 3.31. The van der Waals surface area contributed by atoms with Crippen LogP contribution in [0.1, 0.15) is 28.5 Å². The van der Waals surface area contributed by atoms with Crippen LogP contribution in [0.2, 0.25) is 0 Å². The van der Waals surface area contributed by atoms with Crippen molar-refractivity contribution in [3.8, 4) is 0 Å². The Hall–Kier alpha value is 0.330. The van der Waals surface area contributed by atoms with Crippen molar-refractivity contribution in [1.29, 1.82) is 0 Å². The molecule has 0 aliphatic carbocycles. The normalized spacial score (nSPS) is 14.4. The molecule has 1 unspecified atom stereocenters. The van der Waals surface area contributed by atoms with Gasteiger partial charge in [0.1, 0.15) is 0 Å². The van der Waals surface area contributed by atoms with E-state index in [4.69, 9.17) is 11.6 Å². The second-order valence-corrected chi connectivity index (χ2v) is 5.98. The standard InChI is InChI=1S/C9H10BrClF2S/c1-5-3-6(10)8(14-5)7(11)4-9(2,12)13/h3,7H,4H2,1-2H3. The van der Waals surface area contributed by atoms with Crippen LogP contribution in [-0.2, 0) is 0 Å². The Morgan fingerprint density at radius 1 is 1.64 bits per heavy atom. The fraction of sp³-hybridized carbons (Fsp3) is 0.556. The fourth-order valence-electron chi connectivity index (χ4n) is 1.12. The summed E-state index contributed by atoms with van der Waals surface area (Å²) in [5.41, 5.74) is 0. The van der Waals surface area contributed by atoms with E-state index in [1.165, 1.54) is 11.3 Å². The van der Waals surface area contributed by atoms with Gasteiger partial charge in [-0.1, -0.05) is 0 Å². The van der Waals surface area contributed by atoms with E-state index in [1.807, 2.05) is 13.0 Å². The van der Waals surface area contributed by atoms with Gasteiger partial charge in [-0.15, -0.1) is 22.9 Å². The topological polar surface area (TPSA) is 0 Å². The molecule has 5 heteroatoms. The summed E-state index contributed by atoms with van der Waals surface area (Å²) >= 11 is 10.7. The molecule has 0 aromatic carbocycles. The zero-order chi connectivity index (χ0) is 10.9. The minimum Gasteiger partial charge on any atom is -0.207 e. The Kier molecular flexibility index (Phi) is 3.95. The molecule has 0 aliphatic rings. The molecule has 1 heterocycles. The van der Waals surface area contributed by atoms with Crippen molar-refractivity contribution in [2.24, 2.45) is 0 Å². The Morgan fingerprint density at radius 3 is 2.57 bits per heavy atom. The molecule has 0 saturated carbocycles. The Balaban J connectivity index is 2.79. The van der Waals surface area contributed by atoms with E-state index >= 15 is 0 Å². The van der Waals surface area contributed by atoms with Crippen molar-refractivity contribution < 1.29 is 8.78 Å². The zero-order valence-corrected chi connectivity index (χ0v) is 10.9. The first-order chi connectivity index (χ1) is 6.29. The van der Waals surface area contributed by atoms with Crippen LogP contribution in [0, 0.1) is 6.92 Å². The molecule has 80 valence electrons. The lowest BCUT2D eigenvalue weighted by Gasteiger charge is -2.14. The van der Waals surface area contributed by atoms with Crippen molar-refractivity contribution in [3.63, 3.8) is 0 Å². The molecule has 0 spiro atoms. The van der Waals surface area contributed by atoms with Crippen molar-refractivity contribution in [2.75, 3.05) is 0 Å². The van der Waals surface area contributed by atoms with Gasteiger partial charge in [0, 0.05) is 20.6 Å². The van der Waals surface area contributed by atoms with E-state index in [9.17, 15) is 8.78 Å². The molecule has 1 rings (SSSR count). The quantitative estimate of drug-likeness (QED) is 0.678. The molecule has 14 heavy (non-hydrogen) atoms. The van der Waals surface area contributed by atoms with Crippen LogP contribution in [0.3, 0.4) is 0 Å².